The van der Waals surface area contributed by atoms with Gasteiger partial charge < -0.3 is 23.8 Å². The Balaban J connectivity index is 1.75. The molecule has 0 spiro atoms. The maximum atomic E-state index is 13.9. The van der Waals surface area contributed by atoms with Crippen molar-refractivity contribution in [1.82, 2.24) is 4.90 Å². The summed E-state index contributed by atoms with van der Waals surface area (Å²) in [6.07, 6.45) is 2.64. The molecule has 2 aromatic carbocycles. The largest absolute Gasteiger partial charge is 0.493 e. The first-order valence-electron chi connectivity index (χ1n) is 9.66. The molecule has 1 heterocycles. The van der Waals surface area contributed by atoms with Gasteiger partial charge in [0.25, 0.3) is 0 Å². The third-order valence-corrected chi connectivity index (χ3v) is 4.98. The first-order chi connectivity index (χ1) is 15.0. The summed E-state index contributed by atoms with van der Waals surface area (Å²) in [5.41, 5.74) is 0.721. The number of carbonyl (C=O) groups is 2. The molecule has 0 radical (unpaired) electrons. The number of hydrogen-bond donors (Lipinski definition) is 0. The number of halogens is 1. The summed E-state index contributed by atoms with van der Waals surface area (Å²) in [7, 11) is 4.32. The first-order valence-corrected chi connectivity index (χ1v) is 9.66. The average Bonchev–Trinajstić information content (AvgIpc) is 3.22. The van der Waals surface area contributed by atoms with Crippen LogP contribution in [-0.2, 0) is 14.3 Å². The van der Waals surface area contributed by atoms with Crippen LogP contribution in [-0.4, -0.2) is 56.8 Å². The highest BCUT2D eigenvalue weighted by Gasteiger charge is 2.41. The molecule has 164 valence electrons. The van der Waals surface area contributed by atoms with Crippen molar-refractivity contribution >= 4 is 18.0 Å². The highest BCUT2D eigenvalue weighted by Crippen LogP contribution is 2.29. The molecule has 1 aliphatic heterocycles. The SMILES string of the molecule is COC(=O)C1CC(Oc2ccccc2F)CN1C(=O)/C=C/c1ccc(OC)c(OC)c1. The minimum atomic E-state index is -0.815. The van der Waals surface area contributed by atoms with Gasteiger partial charge in [0.05, 0.1) is 27.9 Å². The molecule has 1 fully saturated rings. The molecule has 2 unspecified atom stereocenters. The van der Waals surface area contributed by atoms with E-state index in [4.69, 9.17) is 18.9 Å². The van der Waals surface area contributed by atoms with Crippen LogP contribution >= 0.6 is 0 Å². The second-order valence-electron chi connectivity index (χ2n) is 6.88. The van der Waals surface area contributed by atoms with E-state index in [-0.39, 0.29) is 24.6 Å². The number of rotatable bonds is 7. The first kappa shape index (κ1) is 22.1. The molecule has 0 aliphatic carbocycles. The Morgan fingerprint density at radius 3 is 2.45 bits per heavy atom. The molecule has 3 rings (SSSR count). The summed E-state index contributed by atoms with van der Waals surface area (Å²) in [6, 6.07) is 10.4. The van der Waals surface area contributed by atoms with E-state index >= 15 is 0 Å². The molecule has 0 N–H and O–H groups in total. The lowest BCUT2D eigenvalue weighted by molar-refractivity contribution is -0.149. The number of benzene rings is 2. The predicted molar refractivity (Wildman–Crippen MR) is 112 cm³/mol. The smallest absolute Gasteiger partial charge is 0.328 e. The fourth-order valence-corrected chi connectivity index (χ4v) is 3.43. The van der Waals surface area contributed by atoms with Gasteiger partial charge in [-0.25, -0.2) is 9.18 Å². The molecule has 0 aromatic heterocycles. The zero-order chi connectivity index (χ0) is 22.4. The van der Waals surface area contributed by atoms with E-state index in [1.807, 2.05) is 0 Å². The van der Waals surface area contributed by atoms with Gasteiger partial charge in [0.2, 0.25) is 5.91 Å². The van der Waals surface area contributed by atoms with E-state index in [2.05, 4.69) is 0 Å². The molecule has 1 saturated heterocycles. The minimum Gasteiger partial charge on any atom is -0.493 e. The molecule has 31 heavy (non-hydrogen) atoms. The highest BCUT2D eigenvalue weighted by molar-refractivity contribution is 5.95. The average molecular weight is 429 g/mol. The number of likely N-dealkylation sites (tertiary alicyclic amines) is 1. The number of methoxy groups -OCH3 is 3. The van der Waals surface area contributed by atoms with Gasteiger partial charge >= 0.3 is 5.97 Å². The van der Waals surface area contributed by atoms with Crippen LogP contribution in [0.25, 0.3) is 6.08 Å². The van der Waals surface area contributed by atoms with Crippen molar-refractivity contribution < 1.29 is 32.9 Å². The topological polar surface area (TPSA) is 74.3 Å². The standard InChI is InChI=1S/C23H24FNO6/c1-28-20-10-8-15(12-21(20)29-2)9-11-22(26)25-14-16(13-18(25)23(27)30-3)31-19-7-5-4-6-17(19)24/h4-12,16,18H,13-14H2,1-3H3/b11-9+. The Bertz CT molecular complexity index is 976. The number of nitrogens with zero attached hydrogens (tertiary/aromatic N) is 1. The highest BCUT2D eigenvalue weighted by atomic mass is 19.1. The van der Waals surface area contributed by atoms with Crippen LogP contribution in [0.15, 0.2) is 48.5 Å². The zero-order valence-corrected chi connectivity index (χ0v) is 17.5. The lowest BCUT2D eigenvalue weighted by atomic mass is 10.1. The normalized spacial score (nSPS) is 18.1. The Labute approximate surface area is 180 Å². The maximum Gasteiger partial charge on any atom is 0.328 e. The van der Waals surface area contributed by atoms with Crippen LogP contribution < -0.4 is 14.2 Å². The predicted octanol–water partition coefficient (Wildman–Crippen LogP) is 3.08. The molecule has 1 aliphatic rings. The fraction of sp³-hybridized carbons (Fsp3) is 0.304. The fourth-order valence-electron chi connectivity index (χ4n) is 3.43. The number of ether oxygens (including phenoxy) is 4. The molecule has 0 saturated carbocycles. The summed E-state index contributed by atoms with van der Waals surface area (Å²) in [5.74, 6) is -0.257. The van der Waals surface area contributed by atoms with E-state index in [0.29, 0.717) is 11.5 Å². The number of para-hydroxylation sites is 1. The summed E-state index contributed by atoms with van der Waals surface area (Å²) < 4.78 is 34.9. The zero-order valence-electron chi connectivity index (χ0n) is 17.5. The van der Waals surface area contributed by atoms with Gasteiger partial charge in [0.15, 0.2) is 23.1 Å². The van der Waals surface area contributed by atoms with Gasteiger partial charge in [0.1, 0.15) is 12.1 Å². The van der Waals surface area contributed by atoms with Gasteiger partial charge in [-0.3, -0.25) is 4.79 Å². The van der Waals surface area contributed by atoms with Crippen molar-refractivity contribution in [2.75, 3.05) is 27.9 Å². The van der Waals surface area contributed by atoms with E-state index < -0.39 is 23.9 Å². The van der Waals surface area contributed by atoms with Gasteiger partial charge in [-0.1, -0.05) is 18.2 Å². The lowest BCUT2D eigenvalue weighted by Crippen LogP contribution is -2.40. The number of carbonyl (C=O) groups excluding carboxylic acids is 2. The van der Waals surface area contributed by atoms with Crippen molar-refractivity contribution in [3.63, 3.8) is 0 Å². The molecule has 2 atom stereocenters. The number of esters is 1. The summed E-state index contributed by atoms with van der Waals surface area (Å²) in [6.45, 7) is 0.128. The van der Waals surface area contributed by atoms with E-state index in [1.54, 1.807) is 36.4 Å². The van der Waals surface area contributed by atoms with Gasteiger partial charge in [-0.15, -0.1) is 0 Å². The Kier molecular flexibility index (Phi) is 7.12. The molecule has 7 nitrogen and oxygen atoms in total. The Morgan fingerprint density at radius 2 is 1.77 bits per heavy atom. The van der Waals surface area contributed by atoms with Crippen molar-refractivity contribution in [3.8, 4) is 17.2 Å². The van der Waals surface area contributed by atoms with Crippen LogP contribution in [0.1, 0.15) is 12.0 Å². The maximum absolute atomic E-state index is 13.9. The van der Waals surface area contributed by atoms with Crippen molar-refractivity contribution in [1.29, 1.82) is 0 Å². The quantitative estimate of drug-likeness (QED) is 0.498. The van der Waals surface area contributed by atoms with Crippen molar-refractivity contribution in [3.05, 3.63) is 59.9 Å². The van der Waals surface area contributed by atoms with Crippen LogP contribution in [0.3, 0.4) is 0 Å². The number of amides is 1. The Hall–Kier alpha value is -3.55. The van der Waals surface area contributed by atoms with Crippen molar-refractivity contribution in [2.45, 2.75) is 18.6 Å². The summed E-state index contributed by atoms with van der Waals surface area (Å²) in [5, 5.41) is 0. The minimum absolute atomic E-state index is 0.0753. The molecule has 8 heteroatoms. The third kappa shape index (κ3) is 5.14. The van der Waals surface area contributed by atoms with Crippen LogP contribution in [0.4, 0.5) is 4.39 Å². The van der Waals surface area contributed by atoms with Crippen LogP contribution in [0, 0.1) is 5.82 Å². The summed E-state index contributed by atoms with van der Waals surface area (Å²) >= 11 is 0. The van der Waals surface area contributed by atoms with Crippen LogP contribution in [0.2, 0.25) is 0 Å². The van der Waals surface area contributed by atoms with Crippen LogP contribution in [0.5, 0.6) is 17.2 Å². The molecular formula is C23H24FNO6. The number of hydrogen-bond acceptors (Lipinski definition) is 6. The van der Waals surface area contributed by atoms with Gasteiger partial charge in [0, 0.05) is 12.5 Å². The molecular weight excluding hydrogens is 405 g/mol. The van der Waals surface area contributed by atoms with E-state index in [0.717, 1.165) is 5.56 Å². The van der Waals surface area contributed by atoms with E-state index in [1.165, 1.54) is 44.4 Å². The van der Waals surface area contributed by atoms with Gasteiger partial charge in [-0.05, 0) is 35.9 Å². The van der Waals surface area contributed by atoms with E-state index in [9.17, 15) is 14.0 Å². The van der Waals surface area contributed by atoms with Gasteiger partial charge in [-0.2, -0.15) is 0 Å². The lowest BCUT2D eigenvalue weighted by Gasteiger charge is -2.20. The third-order valence-electron chi connectivity index (χ3n) is 4.98. The second-order valence-corrected chi connectivity index (χ2v) is 6.88. The Morgan fingerprint density at radius 1 is 1.03 bits per heavy atom. The van der Waals surface area contributed by atoms with Crippen molar-refractivity contribution in [2.24, 2.45) is 0 Å². The molecule has 0 bridgehead atoms. The molecule has 1 amide bonds. The summed E-state index contributed by atoms with van der Waals surface area (Å²) in [4.78, 5) is 26.4. The second kappa shape index (κ2) is 9.97. The monoisotopic (exact) mass is 429 g/mol. The molecule has 2 aromatic rings.